The summed E-state index contributed by atoms with van der Waals surface area (Å²) in [7, 11) is 1.85. The second-order valence-electron chi connectivity index (χ2n) is 6.79. The van der Waals surface area contributed by atoms with Gasteiger partial charge in [-0.15, -0.1) is 0 Å². The van der Waals surface area contributed by atoms with Crippen molar-refractivity contribution in [2.45, 2.75) is 44.8 Å². The first-order chi connectivity index (χ1) is 11.8. The van der Waals surface area contributed by atoms with Gasteiger partial charge in [0.2, 0.25) is 0 Å². The Kier molecular flexibility index (Phi) is 6.06. The van der Waals surface area contributed by atoms with Crippen LogP contribution in [0.2, 0.25) is 0 Å². The lowest BCUT2D eigenvalue weighted by Crippen LogP contribution is -2.25. The van der Waals surface area contributed by atoms with Crippen LogP contribution in [0.1, 0.15) is 54.9 Å². The topological polar surface area (TPSA) is 12.5 Å². The quantitative estimate of drug-likeness (QED) is 0.727. The smallest absolute Gasteiger partial charge is 0.0890 e. The summed E-state index contributed by atoms with van der Waals surface area (Å²) >= 11 is 0. The number of unbranched alkanes of at least 4 members (excludes halogenated alkanes) is 1. The van der Waals surface area contributed by atoms with Gasteiger partial charge < -0.3 is 4.74 Å². The first-order valence-electron chi connectivity index (χ1n) is 9.21. The summed E-state index contributed by atoms with van der Waals surface area (Å²) in [4.78, 5) is 2.61. The van der Waals surface area contributed by atoms with Crippen LogP contribution in [-0.2, 0) is 11.3 Å². The highest BCUT2D eigenvalue weighted by Crippen LogP contribution is 2.39. The largest absolute Gasteiger partial charge is 0.376 e. The van der Waals surface area contributed by atoms with Crippen molar-refractivity contribution in [1.29, 1.82) is 0 Å². The van der Waals surface area contributed by atoms with Gasteiger partial charge in [0.15, 0.2) is 0 Å². The summed E-state index contributed by atoms with van der Waals surface area (Å²) in [5.41, 5.74) is 4.21. The molecule has 0 aliphatic carbocycles. The average molecular weight is 323 g/mol. The van der Waals surface area contributed by atoms with Crippen LogP contribution in [0.15, 0.2) is 54.6 Å². The minimum Gasteiger partial charge on any atom is -0.376 e. The van der Waals surface area contributed by atoms with Crippen LogP contribution in [0.5, 0.6) is 0 Å². The first-order valence-corrected chi connectivity index (χ1v) is 9.21. The molecule has 0 radical (unpaired) electrons. The minimum absolute atomic E-state index is 0.124. The molecular formula is C22H29NO. The number of nitrogens with zero attached hydrogens (tertiary/aromatic N) is 1. The molecule has 0 amide bonds. The van der Waals surface area contributed by atoms with Gasteiger partial charge in [-0.1, -0.05) is 67.9 Å². The van der Waals surface area contributed by atoms with Gasteiger partial charge in [-0.3, -0.25) is 4.90 Å². The Morgan fingerprint density at radius 1 is 1.08 bits per heavy atom. The molecule has 2 heteroatoms. The molecule has 0 saturated heterocycles. The van der Waals surface area contributed by atoms with Crippen molar-refractivity contribution in [1.82, 2.24) is 4.90 Å². The molecule has 0 saturated carbocycles. The van der Waals surface area contributed by atoms with Crippen LogP contribution in [0, 0.1) is 0 Å². The predicted molar refractivity (Wildman–Crippen MR) is 100 cm³/mol. The van der Waals surface area contributed by atoms with Gasteiger partial charge in [0.1, 0.15) is 0 Å². The van der Waals surface area contributed by atoms with Crippen LogP contribution in [0.4, 0.5) is 0 Å². The third-order valence-corrected chi connectivity index (χ3v) is 5.18. The second kappa shape index (κ2) is 8.46. The number of benzene rings is 2. The number of hydrogen-bond acceptors (Lipinski definition) is 2. The maximum atomic E-state index is 5.99. The Morgan fingerprint density at radius 3 is 2.58 bits per heavy atom. The molecule has 1 heterocycles. The maximum Gasteiger partial charge on any atom is 0.0890 e. The van der Waals surface area contributed by atoms with Crippen LogP contribution < -0.4 is 0 Å². The average Bonchev–Trinajstić information content (AvgIpc) is 2.81. The summed E-state index contributed by atoms with van der Waals surface area (Å²) in [5.74, 6) is 0.417. The van der Waals surface area contributed by atoms with E-state index in [2.05, 4.69) is 66.4 Å². The van der Waals surface area contributed by atoms with E-state index >= 15 is 0 Å². The standard InChI is InChI=1S/C22H29NO/c1-3-4-15-23-16-14-21(20-13-9-8-12-19(20)17-23)22(24-2)18-10-6-5-7-11-18/h5-13,21-22H,3-4,14-17H2,1-2H3. The molecule has 2 atom stereocenters. The van der Waals surface area contributed by atoms with E-state index in [1.807, 2.05) is 7.11 Å². The van der Waals surface area contributed by atoms with Gasteiger partial charge in [-0.25, -0.2) is 0 Å². The van der Waals surface area contributed by atoms with E-state index in [1.165, 1.54) is 36.1 Å². The van der Waals surface area contributed by atoms with Gasteiger partial charge in [0.05, 0.1) is 6.10 Å². The van der Waals surface area contributed by atoms with E-state index in [0.29, 0.717) is 5.92 Å². The molecule has 1 aliphatic heterocycles. The lowest BCUT2D eigenvalue weighted by Gasteiger charge is -2.27. The molecule has 2 aromatic carbocycles. The van der Waals surface area contributed by atoms with Crippen LogP contribution in [0.25, 0.3) is 0 Å². The predicted octanol–water partition coefficient (Wildman–Crippen LogP) is 5.16. The van der Waals surface area contributed by atoms with Gasteiger partial charge in [0, 0.05) is 19.6 Å². The highest BCUT2D eigenvalue weighted by Gasteiger charge is 2.29. The van der Waals surface area contributed by atoms with Gasteiger partial charge >= 0.3 is 0 Å². The lowest BCUT2D eigenvalue weighted by atomic mass is 9.85. The normalized spacial score (nSPS) is 19.5. The zero-order valence-corrected chi connectivity index (χ0v) is 14.9. The van der Waals surface area contributed by atoms with Gasteiger partial charge in [-0.2, -0.15) is 0 Å². The Bertz CT molecular complexity index is 625. The summed E-state index contributed by atoms with van der Waals surface area (Å²) < 4.78 is 5.99. The van der Waals surface area contributed by atoms with Crippen molar-refractivity contribution in [2.75, 3.05) is 20.2 Å². The minimum atomic E-state index is 0.124. The molecule has 2 aromatic rings. The van der Waals surface area contributed by atoms with Crippen molar-refractivity contribution in [3.8, 4) is 0 Å². The van der Waals surface area contributed by atoms with Gasteiger partial charge in [-0.05, 0) is 42.6 Å². The fourth-order valence-corrected chi connectivity index (χ4v) is 3.90. The van der Waals surface area contributed by atoms with Crippen LogP contribution in [0.3, 0.4) is 0 Å². The number of methoxy groups -OCH3 is 1. The molecule has 1 aliphatic rings. The Hall–Kier alpha value is -1.64. The number of hydrogen-bond donors (Lipinski definition) is 0. The van der Waals surface area contributed by atoms with Crippen LogP contribution in [-0.4, -0.2) is 25.1 Å². The highest BCUT2D eigenvalue weighted by molar-refractivity contribution is 5.34. The molecule has 0 N–H and O–H groups in total. The molecular weight excluding hydrogens is 294 g/mol. The second-order valence-corrected chi connectivity index (χ2v) is 6.79. The molecule has 2 unspecified atom stereocenters. The Morgan fingerprint density at radius 2 is 1.83 bits per heavy atom. The molecule has 0 bridgehead atoms. The van der Waals surface area contributed by atoms with E-state index in [-0.39, 0.29) is 6.10 Å². The molecule has 0 spiro atoms. The number of ether oxygens (including phenoxy) is 1. The lowest BCUT2D eigenvalue weighted by molar-refractivity contribution is 0.0735. The van der Waals surface area contributed by atoms with E-state index in [1.54, 1.807) is 0 Å². The summed E-state index contributed by atoms with van der Waals surface area (Å²) in [6.07, 6.45) is 3.80. The van der Waals surface area contributed by atoms with Crippen molar-refractivity contribution in [3.63, 3.8) is 0 Å². The van der Waals surface area contributed by atoms with E-state index in [4.69, 9.17) is 4.74 Å². The van der Waals surface area contributed by atoms with Crippen molar-refractivity contribution < 1.29 is 4.74 Å². The number of rotatable bonds is 6. The fourth-order valence-electron chi connectivity index (χ4n) is 3.90. The molecule has 128 valence electrons. The zero-order valence-electron chi connectivity index (χ0n) is 14.9. The summed E-state index contributed by atoms with van der Waals surface area (Å²) in [6, 6.07) is 19.6. The van der Waals surface area contributed by atoms with Crippen molar-refractivity contribution in [3.05, 3.63) is 71.3 Å². The van der Waals surface area contributed by atoms with Crippen LogP contribution >= 0.6 is 0 Å². The molecule has 0 fully saturated rings. The monoisotopic (exact) mass is 323 g/mol. The maximum absolute atomic E-state index is 5.99. The van der Waals surface area contributed by atoms with E-state index in [9.17, 15) is 0 Å². The molecule has 3 rings (SSSR count). The SMILES string of the molecule is CCCCN1CCC(C(OC)c2ccccc2)c2ccccc2C1. The Labute approximate surface area is 146 Å². The number of fused-ring (bicyclic) bond motifs is 1. The van der Waals surface area contributed by atoms with E-state index < -0.39 is 0 Å². The molecule has 24 heavy (non-hydrogen) atoms. The summed E-state index contributed by atoms with van der Waals surface area (Å²) in [6.45, 7) is 5.68. The third kappa shape index (κ3) is 3.88. The first kappa shape index (κ1) is 17.2. The zero-order chi connectivity index (χ0) is 16.8. The van der Waals surface area contributed by atoms with Gasteiger partial charge in [0.25, 0.3) is 0 Å². The molecule has 2 nitrogen and oxygen atoms in total. The van der Waals surface area contributed by atoms with Crippen molar-refractivity contribution >= 4 is 0 Å². The molecule has 0 aromatic heterocycles. The van der Waals surface area contributed by atoms with E-state index in [0.717, 1.165) is 19.5 Å². The fraction of sp³-hybridized carbons (Fsp3) is 0.455. The summed E-state index contributed by atoms with van der Waals surface area (Å²) in [5, 5.41) is 0. The Balaban J connectivity index is 1.90. The highest BCUT2D eigenvalue weighted by atomic mass is 16.5. The van der Waals surface area contributed by atoms with Crippen molar-refractivity contribution in [2.24, 2.45) is 0 Å². The third-order valence-electron chi connectivity index (χ3n) is 5.18.